The first-order valence-electron chi connectivity index (χ1n) is 6.29. The number of amides is 2. The molecule has 0 bridgehead atoms. The number of urea groups is 1. The summed E-state index contributed by atoms with van der Waals surface area (Å²) in [5.74, 6) is -0.481. The van der Waals surface area contributed by atoms with Crippen molar-refractivity contribution in [1.29, 1.82) is 0 Å². The number of hydrogen-bond donors (Lipinski definition) is 3. The van der Waals surface area contributed by atoms with Gasteiger partial charge in [-0.1, -0.05) is 41.9 Å². The van der Waals surface area contributed by atoms with Crippen LogP contribution in [0.3, 0.4) is 0 Å². The number of anilines is 1. The third kappa shape index (κ3) is 4.44. The van der Waals surface area contributed by atoms with Crippen molar-refractivity contribution in [2.45, 2.75) is 6.10 Å². The number of rotatable bonds is 4. The first-order valence-corrected chi connectivity index (χ1v) is 6.67. The van der Waals surface area contributed by atoms with Crippen molar-refractivity contribution in [3.8, 4) is 0 Å². The van der Waals surface area contributed by atoms with Gasteiger partial charge in [-0.3, -0.25) is 0 Å². The van der Waals surface area contributed by atoms with Crippen LogP contribution in [0.5, 0.6) is 0 Å². The zero-order valence-electron chi connectivity index (χ0n) is 11.0. The largest absolute Gasteiger partial charge is 0.387 e. The van der Waals surface area contributed by atoms with Crippen LogP contribution in [0.25, 0.3) is 0 Å². The second-order valence-corrected chi connectivity index (χ2v) is 4.79. The van der Waals surface area contributed by atoms with Crippen molar-refractivity contribution in [3.63, 3.8) is 0 Å². The second-order valence-electron chi connectivity index (χ2n) is 4.39. The van der Waals surface area contributed by atoms with E-state index in [9.17, 15) is 14.3 Å². The topological polar surface area (TPSA) is 61.4 Å². The zero-order valence-corrected chi connectivity index (χ0v) is 11.8. The molecule has 0 aliphatic rings. The van der Waals surface area contributed by atoms with E-state index in [0.717, 1.165) is 6.07 Å². The lowest BCUT2D eigenvalue weighted by Crippen LogP contribution is -2.32. The number of benzene rings is 2. The first kappa shape index (κ1) is 15.3. The summed E-state index contributed by atoms with van der Waals surface area (Å²) in [5.41, 5.74) is 1.00. The van der Waals surface area contributed by atoms with Crippen LogP contribution in [0.1, 0.15) is 11.7 Å². The molecule has 0 fully saturated rings. The highest BCUT2D eigenvalue weighted by atomic mass is 35.5. The molecule has 2 rings (SSSR count). The molecule has 2 aromatic rings. The van der Waals surface area contributed by atoms with Crippen molar-refractivity contribution in [2.24, 2.45) is 0 Å². The van der Waals surface area contributed by atoms with Crippen LogP contribution in [0.2, 0.25) is 5.02 Å². The molecule has 0 saturated heterocycles. The summed E-state index contributed by atoms with van der Waals surface area (Å²) >= 11 is 5.80. The van der Waals surface area contributed by atoms with Crippen LogP contribution in [0, 0.1) is 5.82 Å². The van der Waals surface area contributed by atoms with Gasteiger partial charge in [-0.2, -0.15) is 0 Å². The molecule has 0 radical (unpaired) electrons. The van der Waals surface area contributed by atoms with E-state index in [4.69, 9.17) is 11.6 Å². The lowest BCUT2D eigenvalue weighted by atomic mass is 10.1. The normalized spacial score (nSPS) is 11.8. The SMILES string of the molecule is O=C(NC[C@H](O)c1ccccc1)Nc1ccc(F)cc1Cl. The molecule has 3 N–H and O–H groups in total. The van der Waals surface area contributed by atoms with Gasteiger partial charge in [-0.25, -0.2) is 9.18 Å². The molecule has 1 atom stereocenters. The maximum Gasteiger partial charge on any atom is 0.319 e. The van der Waals surface area contributed by atoms with Crippen molar-refractivity contribution < 1.29 is 14.3 Å². The Morgan fingerprint density at radius 2 is 1.95 bits per heavy atom. The zero-order chi connectivity index (χ0) is 15.2. The molecule has 0 aliphatic carbocycles. The van der Waals surface area contributed by atoms with E-state index in [1.165, 1.54) is 12.1 Å². The molecule has 6 heteroatoms. The lowest BCUT2D eigenvalue weighted by Gasteiger charge is -2.13. The summed E-state index contributed by atoms with van der Waals surface area (Å²) < 4.78 is 12.9. The average molecular weight is 309 g/mol. The van der Waals surface area contributed by atoms with Crippen LogP contribution in [0.15, 0.2) is 48.5 Å². The Labute approximate surface area is 126 Å². The number of carbonyl (C=O) groups excluding carboxylic acids is 1. The fraction of sp³-hybridized carbons (Fsp3) is 0.133. The van der Waals surface area contributed by atoms with Crippen molar-refractivity contribution >= 4 is 23.3 Å². The molecule has 0 heterocycles. The lowest BCUT2D eigenvalue weighted by molar-refractivity contribution is 0.175. The van der Waals surface area contributed by atoms with Crippen LogP contribution in [-0.2, 0) is 0 Å². The molecule has 0 spiro atoms. The van der Waals surface area contributed by atoms with E-state index in [-0.39, 0.29) is 11.6 Å². The highest BCUT2D eigenvalue weighted by Gasteiger charge is 2.10. The number of halogens is 2. The summed E-state index contributed by atoms with van der Waals surface area (Å²) in [7, 11) is 0. The molecule has 4 nitrogen and oxygen atoms in total. The molecule has 21 heavy (non-hydrogen) atoms. The molecule has 110 valence electrons. The Balaban J connectivity index is 1.87. The van der Waals surface area contributed by atoms with Gasteiger partial charge in [0.25, 0.3) is 0 Å². The maximum atomic E-state index is 12.9. The van der Waals surface area contributed by atoms with Crippen molar-refractivity contribution in [2.75, 3.05) is 11.9 Å². The minimum Gasteiger partial charge on any atom is -0.387 e. The minimum absolute atomic E-state index is 0.0503. The van der Waals surface area contributed by atoms with Gasteiger partial charge >= 0.3 is 6.03 Å². The van der Waals surface area contributed by atoms with Gasteiger partial charge in [-0.05, 0) is 23.8 Å². The Bertz CT molecular complexity index is 622. The third-order valence-corrected chi connectivity index (χ3v) is 3.13. The number of hydrogen-bond acceptors (Lipinski definition) is 2. The Morgan fingerprint density at radius 3 is 2.62 bits per heavy atom. The van der Waals surface area contributed by atoms with Gasteiger partial charge < -0.3 is 15.7 Å². The van der Waals surface area contributed by atoms with Gasteiger partial charge in [0.15, 0.2) is 0 Å². The van der Waals surface area contributed by atoms with Crippen molar-refractivity contribution in [3.05, 3.63) is 64.9 Å². The van der Waals surface area contributed by atoms with Crippen LogP contribution >= 0.6 is 11.6 Å². The van der Waals surface area contributed by atoms with Gasteiger partial charge in [0, 0.05) is 6.54 Å². The summed E-state index contributed by atoms with van der Waals surface area (Å²) in [4.78, 5) is 11.7. The van der Waals surface area contributed by atoms with E-state index >= 15 is 0 Å². The Kier molecular flexibility index (Phi) is 5.14. The molecular formula is C15H14ClFN2O2. The average Bonchev–Trinajstić information content (AvgIpc) is 2.48. The minimum atomic E-state index is -0.805. The highest BCUT2D eigenvalue weighted by Crippen LogP contribution is 2.22. The quantitative estimate of drug-likeness (QED) is 0.811. The van der Waals surface area contributed by atoms with Crippen LogP contribution in [-0.4, -0.2) is 17.7 Å². The Hall–Kier alpha value is -2.11. The number of aliphatic hydroxyl groups is 1. The monoisotopic (exact) mass is 308 g/mol. The van der Waals surface area contributed by atoms with Gasteiger partial charge in [0.05, 0.1) is 16.8 Å². The molecule has 2 amide bonds. The molecule has 0 aliphatic heterocycles. The summed E-state index contributed by atoms with van der Waals surface area (Å²) in [6.07, 6.45) is -0.805. The van der Waals surface area contributed by atoms with E-state index in [1.807, 2.05) is 6.07 Å². The number of carbonyl (C=O) groups is 1. The summed E-state index contributed by atoms with van der Waals surface area (Å²) in [6.45, 7) is 0.0503. The number of aliphatic hydroxyl groups excluding tert-OH is 1. The summed E-state index contributed by atoms with van der Waals surface area (Å²) in [5, 5.41) is 15.0. The summed E-state index contributed by atoms with van der Waals surface area (Å²) in [6, 6.07) is 12.1. The van der Waals surface area contributed by atoms with Gasteiger partial charge in [0.1, 0.15) is 5.82 Å². The van der Waals surface area contributed by atoms with E-state index < -0.39 is 18.0 Å². The molecule has 2 aromatic carbocycles. The van der Waals surface area contributed by atoms with Crippen LogP contribution < -0.4 is 10.6 Å². The fourth-order valence-electron chi connectivity index (χ4n) is 1.74. The van der Waals surface area contributed by atoms with Gasteiger partial charge in [0.2, 0.25) is 0 Å². The second kappa shape index (κ2) is 7.06. The maximum absolute atomic E-state index is 12.9. The van der Waals surface area contributed by atoms with Crippen LogP contribution in [0.4, 0.5) is 14.9 Å². The molecule has 0 aromatic heterocycles. The van der Waals surface area contributed by atoms with Crippen molar-refractivity contribution in [1.82, 2.24) is 5.32 Å². The standard InChI is InChI=1S/C15H14ClFN2O2/c16-12-8-11(17)6-7-13(12)19-15(21)18-9-14(20)10-4-2-1-3-5-10/h1-8,14,20H,9H2,(H2,18,19,21)/t14-/m0/s1. The van der Waals surface area contributed by atoms with E-state index in [2.05, 4.69) is 10.6 Å². The van der Waals surface area contributed by atoms with E-state index in [1.54, 1.807) is 24.3 Å². The highest BCUT2D eigenvalue weighted by molar-refractivity contribution is 6.33. The third-order valence-electron chi connectivity index (χ3n) is 2.82. The molecule has 0 unspecified atom stereocenters. The molecular weight excluding hydrogens is 295 g/mol. The van der Waals surface area contributed by atoms with E-state index in [0.29, 0.717) is 11.3 Å². The predicted octanol–water partition coefficient (Wildman–Crippen LogP) is 3.33. The van der Waals surface area contributed by atoms with Gasteiger partial charge in [-0.15, -0.1) is 0 Å². The predicted molar refractivity (Wildman–Crippen MR) is 79.8 cm³/mol. The fourth-order valence-corrected chi connectivity index (χ4v) is 1.95. The number of nitrogens with one attached hydrogen (secondary N) is 2. The Morgan fingerprint density at radius 1 is 1.24 bits per heavy atom. The molecule has 0 saturated carbocycles. The smallest absolute Gasteiger partial charge is 0.319 e. The first-order chi connectivity index (χ1) is 10.1.